The van der Waals surface area contributed by atoms with Crippen LogP contribution in [-0.2, 0) is 21.9 Å². The molecule has 0 aromatic heterocycles. The van der Waals surface area contributed by atoms with Crippen LogP contribution in [0, 0.1) is 6.92 Å². The Bertz CT molecular complexity index is 859. The molecule has 1 N–H and O–H groups in total. The highest BCUT2D eigenvalue weighted by Gasteiger charge is 2.28. The molecular formula is C25H33ClN2O2S. The molecular weight excluding hydrogens is 428 g/mol. The Morgan fingerprint density at radius 2 is 1.90 bits per heavy atom. The first-order valence-corrected chi connectivity index (χ1v) is 12.4. The summed E-state index contributed by atoms with van der Waals surface area (Å²) in [6.45, 7) is 7.16. The lowest BCUT2D eigenvalue weighted by molar-refractivity contribution is -0.139. The van der Waals surface area contributed by atoms with Gasteiger partial charge in [0.2, 0.25) is 11.8 Å². The maximum atomic E-state index is 13.2. The number of nitrogens with one attached hydrogen (secondary N) is 1. The number of nitrogens with zero attached hydrogens (tertiary/aromatic N) is 1. The average Bonchev–Trinajstić information content (AvgIpc) is 2.75. The van der Waals surface area contributed by atoms with Crippen molar-refractivity contribution >= 4 is 35.2 Å². The van der Waals surface area contributed by atoms with Crippen LogP contribution in [0.3, 0.4) is 0 Å². The number of benzene rings is 2. The molecule has 0 spiro atoms. The molecule has 0 fully saturated rings. The van der Waals surface area contributed by atoms with Gasteiger partial charge in [-0.3, -0.25) is 9.59 Å². The summed E-state index contributed by atoms with van der Waals surface area (Å²) < 4.78 is 0. The van der Waals surface area contributed by atoms with Gasteiger partial charge in [-0.1, -0.05) is 68.3 Å². The van der Waals surface area contributed by atoms with Gasteiger partial charge < -0.3 is 10.2 Å². The number of thioether (sulfide) groups is 1. The van der Waals surface area contributed by atoms with Crippen LogP contribution in [0.1, 0.15) is 49.8 Å². The number of rotatable bonds is 12. The van der Waals surface area contributed by atoms with Gasteiger partial charge in [0.05, 0.1) is 5.75 Å². The summed E-state index contributed by atoms with van der Waals surface area (Å²) >= 11 is 7.61. The van der Waals surface area contributed by atoms with Crippen LogP contribution in [0.15, 0.2) is 48.5 Å². The van der Waals surface area contributed by atoms with E-state index in [1.165, 1.54) is 0 Å². The Balaban J connectivity index is 2.11. The van der Waals surface area contributed by atoms with Gasteiger partial charge in [0.15, 0.2) is 0 Å². The van der Waals surface area contributed by atoms with Crippen molar-refractivity contribution in [2.75, 3.05) is 12.3 Å². The van der Waals surface area contributed by atoms with Crippen LogP contribution in [-0.4, -0.2) is 35.1 Å². The van der Waals surface area contributed by atoms with Crippen LogP contribution in [0.25, 0.3) is 0 Å². The molecule has 31 heavy (non-hydrogen) atoms. The van der Waals surface area contributed by atoms with Crippen molar-refractivity contribution in [3.8, 4) is 0 Å². The second kappa shape index (κ2) is 13.4. The number of hydrogen-bond donors (Lipinski definition) is 1. The Hall–Kier alpha value is -1.98. The van der Waals surface area contributed by atoms with Gasteiger partial charge >= 0.3 is 0 Å². The maximum Gasteiger partial charge on any atom is 0.242 e. The number of carbonyl (C=O) groups is 2. The van der Waals surface area contributed by atoms with E-state index in [0.29, 0.717) is 36.0 Å². The highest BCUT2D eigenvalue weighted by molar-refractivity contribution is 7.99. The largest absolute Gasteiger partial charge is 0.354 e. The minimum Gasteiger partial charge on any atom is -0.354 e. The van der Waals surface area contributed by atoms with Crippen molar-refractivity contribution in [2.24, 2.45) is 0 Å². The minimum absolute atomic E-state index is 0.0206. The Morgan fingerprint density at radius 3 is 2.58 bits per heavy atom. The van der Waals surface area contributed by atoms with Gasteiger partial charge in [-0.2, -0.15) is 0 Å². The molecule has 6 heteroatoms. The number of amides is 2. The van der Waals surface area contributed by atoms with E-state index in [1.807, 2.05) is 62.4 Å². The van der Waals surface area contributed by atoms with Crippen LogP contribution < -0.4 is 5.32 Å². The summed E-state index contributed by atoms with van der Waals surface area (Å²) in [5, 5.41) is 3.70. The van der Waals surface area contributed by atoms with Crippen molar-refractivity contribution in [2.45, 2.75) is 58.4 Å². The first-order chi connectivity index (χ1) is 15.0. The summed E-state index contributed by atoms with van der Waals surface area (Å²) in [5.74, 6) is 0.923. The maximum absolute atomic E-state index is 13.2. The SMILES string of the molecule is CCCCNC(=O)C(CC)N(Cc1ccccc1C)C(=O)CSCc1cccc(Cl)c1. The van der Waals surface area contributed by atoms with Gasteiger partial charge in [-0.15, -0.1) is 11.8 Å². The average molecular weight is 461 g/mol. The van der Waals surface area contributed by atoms with Crippen LogP contribution in [0.4, 0.5) is 0 Å². The second-order valence-corrected chi connectivity index (χ2v) is 9.06. The van der Waals surface area contributed by atoms with E-state index in [-0.39, 0.29) is 11.8 Å². The standard InChI is InChI=1S/C25H33ClN2O2S/c1-4-6-14-27-25(30)23(5-2)28(16-21-12-8-7-10-19(21)3)24(29)18-31-17-20-11-9-13-22(26)15-20/h7-13,15,23H,4-6,14,16-18H2,1-3H3,(H,27,30). The number of carbonyl (C=O) groups excluding carboxylic acids is 2. The van der Waals surface area contributed by atoms with Crippen molar-refractivity contribution < 1.29 is 9.59 Å². The molecule has 168 valence electrons. The molecule has 0 aliphatic carbocycles. The predicted molar refractivity (Wildman–Crippen MR) is 131 cm³/mol. The number of halogens is 1. The first kappa shape index (κ1) is 25.3. The van der Waals surface area contributed by atoms with E-state index >= 15 is 0 Å². The number of aryl methyl sites for hydroxylation is 1. The Morgan fingerprint density at radius 1 is 1.13 bits per heavy atom. The fraction of sp³-hybridized carbons (Fsp3) is 0.440. The van der Waals surface area contributed by atoms with E-state index in [9.17, 15) is 9.59 Å². The van der Waals surface area contributed by atoms with Gasteiger partial charge in [0.1, 0.15) is 6.04 Å². The van der Waals surface area contributed by atoms with Crippen molar-refractivity contribution in [3.05, 3.63) is 70.2 Å². The lowest BCUT2D eigenvalue weighted by atomic mass is 10.1. The van der Waals surface area contributed by atoms with E-state index < -0.39 is 6.04 Å². The molecule has 0 bridgehead atoms. The summed E-state index contributed by atoms with van der Waals surface area (Å²) in [4.78, 5) is 27.9. The topological polar surface area (TPSA) is 49.4 Å². The summed E-state index contributed by atoms with van der Waals surface area (Å²) in [6, 6.07) is 15.2. The van der Waals surface area contributed by atoms with E-state index in [1.54, 1.807) is 16.7 Å². The smallest absolute Gasteiger partial charge is 0.242 e. The van der Waals surface area contributed by atoms with Gasteiger partial charge in [0, 0.05) is 23.9 Å². The minimum atomic E-state index is -0.476. The summed E-state index contributed by atoms with van der Waals surface area (Å²) in [6.07, 6.45) is 2.53. The zero-order valence-electron chi connectivity index (χ0n) is 18.7. The highest BCUT2D eigenvalue weighted by Crippen LogP contribution is 2.20. The molecule has 0 saturated heterocycles. The molecule has 1 unspecified atom stereocenters. The van der Waals surface area contributed by atoms with Crippen molar-refractivity contribution in [1.82, 2.24) is 10.2 Å². The summed E-state index contributed by atoms with van der Waals surface area (Å²) in [5.41, 5.74) is 3.27. The lowest BCUT2D eigenvalue weighted by Crippen LogP contribution is -2.49. The molecule has 0 radical (unpaired) electrons. The number of hydrogen-bond acceptors (Lipinski definition) is 3. The van der Waals surface area contributed by atoms with Crippen molar-refractivity contribution in [3.63, 3.8) is 0 Å². The lowest BCUT2D eigenvalue weighted by Gasteiger charge is -2.31. The molecule has 2 rings (SSSR count). The fourth-order valence-corrected chi connectivity index (χ4v) is 4.43. The van der Waals surface area contributed by atoms with Crippen LogP contribution >= 0.6 is 23.4 Å². The molecule has 2 amide bonds. The monoisotopic (exact) mass is 460 g/mol. The molecule has 4 nitrogen and oxygen atoms in total. The van der Waals surface area contributed by atoms with E-state index in [2.05, 4.69) is 12.2 Å². The van der Waals surface area contributed by atoms with E-state index in [0.717, 1.165) is 29.5 Å². The van der Waals surface area contributed by atoms with Crippen LogP contribution in [0.5, 0.6) is 0 Å². The third-order valence-corrected chi connectivity index (χ3v) is 6.42. The van der Waals surface area contributed by atoms with Crippen LogP contribution in [0.2, 0.25) is 5.02 Å². The molecule has 2 aromatic rings. The molecule has 2 aromatic carbocycles. The molecule has 0 aliphatic rings. The highest BCUT2D eigenvalue weighted by atomic mass is 35.5. The quantitative estimate of drug-likeness (QED) is 0.419. The fourth-order valence-electron chi connectivity index (χ4n) is 3.36. The Kier molecular flexibility index (Phi) is 11.0. The Labute approximate surface area is 195 Å². The third-order valence-electron chi connectivity index (χ3n) is 5.20. The van der Waals surface area contributed by atoms with Gasteiger partial charge in [-0.05, 0) is 48.6 Å². The van der Waals surface area contributed by atoms with E-state index in [4.69, 9.17) is 11.6 Å². The zero-order chi connectivity index (χ0) is 22.6. The van der Waals surface area contributed by atoms with Crippen molar-refractivity contribution in [1.29, 1.82) is 0 Å². The molecule has 0 heterocycles. The molecule has 0 aliphatic heterocycles. The predicted octanol–water partition coefficient (Wildman–Crippen LogP) is 5.61. The normalized spacial score (nSPS) is 11.7. The third kappa shape index (κ3) is 8.23. The first-order valence-electron chi connectivity index (χ1n) is 10.9. The number of unbranched alkanes of at least 4 members (excludes halogenated alkanes) is 1. The van der Waals surface area contributed by atoms with Gasteiger partial charge in [0.25, 0.3) is 0 Å². The zero-order valence-corrected chi connectivity index (χ0v) is 20.3. The summed E-state index contributed by atoms with van der Waals surface area (Å²) in [7, 11) is 0. The van der Waals surface area contributed by atoms with Gasteiger partial charge in [-0.25, -0.2) is 0 Å². The molecule has 0 saturated carbocycles. The molecule has 1 atom stereocenters. The second-order valence-electron chi connectivity index (χ2n) is 7.64.